The van der Waals surface area contributed by atoms with Crippen LogP contribution in [0.1, 0.15) is 28.8 Å². The summed E-state index contributed by atoms with van der Waals surface area (Å²) in [6, 6.07) is 33.0. The van der Waals surface area contributed by atoms with Crippen LogP contribution in [0.2, 0.25) is 5.02 Å². The Morgan fingerprint density at radius 3 is 2.24 bits per heavy atom. The molecule has 5 aromatic carbocycles. The number of hydrogen-bond donors (Lipinski definition) is 0. The number of benzene rings is 5. The fourth-order valence-electron chi connectivity index (χ4n) is 7.04. The van der Waals surface area contributed by atoms with Gasteiger partial charge in [-0.1, -0.05) is 72.3 Å². The van der Waals surface area contributed by atoms with Crippen molar-refractivity contribution in [3.8, 4) is 34.3 Å². The van der Waals surface area contributed by atoms with Crippen LogP contribution in [-0.4, -0.2) is 59.8 Å². The van der Waals surface area contributed by atoms with Gasteiger partial charge in [-0.05, 0) is 53.6 Å². The smallest absolute Gasteiger partial charge is 0.269 e. The molecule has 0 radical (unpaired) electrons. The molecule has 3 heterocycles. The molecular weight excluding hydrogens is 806 g/mol. The van der Waals surface area contributed by atoms with Crippen molar-refractivity contribution in [2.45, 2.75) is 23.5 Å². The van der Waals surface area contributed by atoms with Crippen molar-refractivity contribution in [3.05, 3.63) is 161 Å². The first-order chi connectivity index (χ1) is 28.1. The van der Waals surface area contributed by atoms with E-state index in [0.717, 1.165) is 28.0 Å². The fraction of sp³-hybridized carbons (Fsp3) is 0.167. The number of hydrogen-bond acceptors (Lipinski definition) is 10. The quantitative estimate of drug-likeness (QED) is 0.106. The molecule has 1 aliphatic rings. The Hall–Kier alpha value is -5.87. The van der Waals surface area contributed by atoms with Gasteiger partial charge in [0.05, 0.1) is 43.6 Å². The van der Waals surface area contributed by atoms with Crippen LogP contribution in [0.15, 0.2) is 133 Å². The Morgan fingerprint density at radius 1 is 0.862 bits per heavy atom. The molecule has 0 N–H and O–H groups in total. The monoisotopic (exact) mass is 840 g/mol. The van der Waals surface area contributed by atoms with E-state index in [9.17, 15) is 12.8 Å². The molecule has 0 saturated carbocycles. The number of nitrogens with zero attached hydrogens (tertiary/aromatic N) is 6. The molecule has 0 aliphatic carbocycles. The van der Waals surface area contributed by atoms with Crippen molar-refractivity contribution < 1.29 is 31.4 Å². The molecule has 0 unspecified atom stereocenters. The largest absolute Gasteiger partial charge is 0.497 e. The first kappa shape index (κ1) is 39.0. The van der Waals surface area contributed by atoms with E-state index >= 15 is 4.39 Å². The second-order valence-electron chi connectivity index (χ2n) is 13.4. The van der Waals surface area contributed by atoms with Crippen molar-refractivity contribution in [2.24, 2.45) is 0 Å². The second-order valence-corrected chi connectivity index (χ2v) is 16.4. The van der Waals surface area contributed by atoms with Gasteiger partial charge in [0.25, 0.3) is 10.0 Å². The zero-order valence-corrected chi connectivity index (χ0v) is 33.5. The third-order valence-electron chi connectivity index (χ3n) is 9.87. The first-order valence-electron chi connectivity index (χ1n) is 18.0. The molecule has 1 saturated heterocycles. The average molecular weight is 841 g/mol. The van der Waals surface area contributed by atoms with E-state index in [-0.39, 0.29) is 40.3 Å². The molecule has 1 aliphatic heterocycles. The van der Waals surface area contributed by atoms with Crippen molar-refractivity contribution in [3.63, 3.8) is 0 Å². The highest BCUT2D eigenvalue weighted by Crippen LogP contribution is 2.42. The Bertz CT molecular complexity index is 2610. The summed E-state index contributed by atoms with van der Waals surface area (Å²) in [5.41, 5.74) is 3.72. The average Bonchev–Trinajstić information content (AvgIpc) is 3.94. The Labute approximate surface area is 342 Å². The van der Waals surface area contributed by atoms with Crippen LogP contribution in [-0.2, 0) is 16.6 Å². The van der Waals surface area contributed by atoms with E-state index in [2.05, 4.69) is 43.6 Å². The van der Waals surface area contributed by atoms with Gasteiger partial charge in [0.2, 0.25) is 5.13 Å². The minimum Gasteiger partial charge on any atom is -0.497 e. The summed E-state index contributed by atoms with van der Waals surface area (Å²) in [6.45, 7) is 1.06. The lowest BCUT2D eigenvalue weighted by Crippen LogP contribution is -2.50. The summed E-state index contributed by atoms with van der Waals surface area (Å²) >= 11 is 7.48. The second kappa shape index (κ2) is 16.5. The topological polar surface area (TPSA) is 112 Å². The normalized spacial score (nSPS) is 13.3. The molecular formula is C42H35ClF2N6O5S2. The zero-order chi connectivity index (χ0) is 40.4. The van der Waals surface area contributed by atoms with Gasteiger partial charge in [-0.15, -0.1) is 0 Å². The standard InChI is InChI=1S/C42H35ClF2N6O5S2/c1-54-32-15-13-29(38(20-32)55-2)23-50(42-46-26-48-57-42)58(52,53)40-21-34(43)39(22-35(40)45)56-37-16-14-30(44)19-33(37)36-17-18-47-51(36)31-24-49(25-31)41(27-9-5-3-6-10-27)28-11-7-4-8-12-28/h3-22,26,31,41H,23-25H2,1-2H3. The van der Waals surface area contributed by atoms with Gasteiger partial charge >= 0.3 is 0 Å². The molecule has 16 heteroatoms. The highest BCUT2D eigenvalue weighted by atomic mass is 35.5. The van der Waals surface area contributed by atoms with Crippen LogP contribution in [0.4, 0.5) is 13.9 Å². The van der Waals surface area contributed by atoms with Gasteiger partial charge in [0.15, 0.2) is 0 Å². The third-order valence-corrected chi connectivity index (χ3v) is 12.7. The van der Waals surface area contributed by atoms with Gasteiger partial charge in [0.1, 0.15) is 45.9 Å². The number of anilines is 1. The molecule has 0 amide bonds. The predicted octanol–water partition coefficient (Wildman–Crippen LogP) is 9.18. The summed E-state index contributed by atoms with van der Waals surface area (Å²) in [5.74, 6) is -0.836. The van der Waals surface area contributed by atoms with E-state index in [1.165, 1.54) is 49.9 Å². The minimum absolute atomic E-state index is 0.00785. The number of methoxy groups -OCH3 is 2. The lowest BCUT2D eigenvalue weighted by molar-refractivity contribution is 0.0691. The van der Waals surface area contributed by atoms with Gasteiger partial charge in [0, 0.05) is 54.1 Å². The Morgan fingerprint density at radius 2 is 1.59 bits per heavy atom. The number of ether oxygens (including phenoxy) is 3. The molecule has 11 nitrogen and oxygen atoms in total. The van der Waals surface area contributed by atoms with E-state index in [1.807, 2.05) is 41.1 Å². The molecule has 0 atom stereocenters. The summed E-state index contributed by atoms with van der Waals surface area (Å²) in [5, 5.41) is 4.41. The van der Waals surface area contributed by atoms with Crippen LogP contribution < -0.4 is 18.5 Å². The molecule has 0 bridgehead atoms. The van der Waals surface area contributed by atoms with Crippen molar-refractivity contribution >= 4 is 38.3 Å². The summed E-state index contributed by atoms with van der Waals surface area (Å²) < 4.78 is 83.1. The predicted molar refractivity (Wildman–Crippen MR) is 217 cm³/mol. The van der Waals surface area contributed by atoms with E-state index < -0.39 is 26.6 Å². The number of likely N-dealkylation sites (tertiary alicyclic amines) is 1. The molecule has 0 spiro atoms. The van der Waals surface area contributed by atoms with Gasteiger partial charge < -0.3 is 14.2 Å². The van der Waals surface area contributed by atoms with Crippen molar-refractivity contribution in [1.82, 2.24) is 24.0 Å². The maximum atomic E-state index is 16.1. The lowest BCUT2D eigenvalue weighted by atomic mass is 9.93. The maximum Gasteiger partial charge on any atom is 0.269 e. The lowest BCUT2D eigenvalue weighted by Gasteiger charge is -2.45. The fourth-order valence-corrected chi connectivity index (χ4v) is 9.51. The van der Waals surface area contributed by atoms with Gasteiger partial charge in [-0.2, -0.15) is 9.47 Å². The zero-order valence-electron chi connectivity index (χ0n) is 31.1. The number of sulfonamides is 1. The summed E-state index contributed by atoms with van der Waals surface area (Å²) in [6.07, 6.45) is 2.84. The van der Waals surface area contributed by atoms with Crippen LogP contribution in [0, 0.1) is 11.6 Å². The SMILES string of the molecule is COc1ccc(CN(c2ncns2)S(=O)(=O)c2cc(Cl)c(Oc3ccc(F)cc3-c3ccnn3C3CN(C(c4ccccc4)c4ccccc4)C3)cc2F)c(OC)c1. The van der Waals surface area contributed by atoms with E-state index in [1.54, 1.807) is 30.5 Å². The Balaban J connectivity index is 1.07. The first-order valence-corrected chi connectivity index (χ1v) is 20.6. The molecule has 296 valence electrons. The van der Waals surface area contributed by atoms with Crippen molar-refractivity contribution in [2.75, 3.05) is 31.6 Å². The van der Waals surface area contributed by atoms with Crippen LogP contribution in [0.5, 0.6) is 23.0 Å². The highest BCUT2D eigenvalue weighted by Gasteiger charge is 2.37. The minimum atomic E-state index is -4.64. The molecule has 2 aromatic heterocycles. The molecule has 58 heavy (non-hydrogen) atoms. The van der Waals surface area contributed by atoms with Crippen molar-refractivity contribution in [1.29, 1.82) is 0 Å². The third kappa shape index (κ3) is 7.73. The molecule has 7 aromatic rings. The molecule has 8 rings (SSSR count). The van der Waals surface area contributed by atoms with Gasteiger partial charge in [-0.25, -0.2) is 26.5 Å². The molecule has 1 fully saturated rings. The van der Waals surface area contributed by atoms with Crippen LogP contribution in [0.3, 0.4) is 0 Å². The van der Waals surface area contributed by atoms with E-state index in [0.29, 0.717) is 41.4 Å². The number of halogens is 3. The number of aromatic nitrogens is 4. The number of rotatable bonds is 14. The van der Waals surface area contributed by atoms with Crippen LogP contribution >= 0.6 is 23.1 Å². The van der Waals surface area contributed by atoms with Crippen LogP contribution in [0.25, 0.3) is 11.3 Å². The van der Waals surface area contributed by atoms with Gasteiger partial charge in [-0.3, -0.25) is 9.58 Å². The summed E-state index contributed by atoms with van der Waals surface area (Å²) in [7, 11) is -1.70. The highest BCUT2D eigenvalue weighted by molar-refractivity contribution is 7.93. The maximum absolute atomic E-state index is 16.1. The Kier molecular flexibility index (Phi) is 11.1. The summed E-state index contributed by atoms with van der Waals surface area (Å²) in [4.78, 5) is 5.74. The van der Waals surface area contributed by atoms with E-state index in [4.69, 9.17) is 25.8 Å².